The highest BCUT2D eigenvalue weighted by Gasteiger charge is 2.33. The number of carbonyl (C=O) groups excluding carboxylic acids is 2. The summed E-state index contributed by atoms with van der Waals surface area (Å²) in [7, 11) is 3.29. The number of aryl methyl sites for hydroxylation is 1. The standard InChI is InChI=1S/C37H42N2O5S2/c1-26-4-6-27(7-5-26)36(2,28-8-14-31(40)15-9-28)24-34(43)38-20-22-45-46-23-21-39-35(44)25-37(3,29-10-16-32(41)17-11-29)30-12-18-33(42)19-13-30/h4-19,40-42H,20-25H2,1-3H3,(H,38,43)(H,39,44). The number of phenolic OH excluding ortho intramolecular Hbond substituents is 3. The number of hydrogen-bond acceptors (Lipinski definition) is 7. The van der Waals surface area contributed by atoms with Gasteiger partial charge in [-0.2, -0.15) is 0 Å². The molecule has 0 saturated heterocycles. The average Bonchev–Trinajstić information content (AvgIpc) is 3.03. The number of aromatic hydroxyl groups is 3. The number of phenols is 3. The Hall–Kier alpha value is -4.08. The molecule has 0 aliphatic rings. The van der Waals surface area contributed by atoms with Crippen molar-refractivity contribution in [2.45, 2.75) is 44.4 Å². The lowest BCUT2D eigenvalue weighted by atomic mass is 9.73. The van der Waals surface area contributed by atoms with Crippen molar-refractivity contribution in [1.82, 2.24) is 10.6 Å². The van der Waals surface area contributed by atoms with Crippen molar-refractivity contribution >= 4 is 33.4 Å². The Balaban J connectivity index is 1.21. The highest BCUT2D eigenvalue weighted by molar-refractivity contribution is 8.76. The molecule has 0 radical (unpaired) electrons. The summed E-state index contributed by atoms with van der Waals surface area (Å²) in [5.74, 6) is 1.81. The summed E-state index contributed by atoms with van der Waals surface area (Å²) in [6.45, 7) is 7.11. The quantitative estimate of drug-likeness (QED) is 0.0703. The summed E-state index contributed by atoms with van der Waals surface area (Å²) >= 11 is 0. The fourth-order valence-electron chi connectivity index (χ4n) is 5.50. The fraction of sp³-hybridized carbons (Fsp3) is 0.297. The van der Waals surface area contributed by atoms with Crippen molar-refractivity contribution in [3.05, 3.63) is 125 Å². The van der Waals surface area contributed by atoms with Crippen LogP contribution >= 0.6 is 21.6 Å². The predicted molar refractivity (Wildman–Crippen MR) is 189 cm³/mol. The Bertz CT molecular complexity index is 1360. The number of benzene rings is 4. The first-order valence-corrected chi connectivity index (χ1v) is 17.7. The first-order valence-electron chi connectivity index (χ1n) is 15.2. The van der Waals surface area contributed by atoms with Gasteiger partial charge in [0, 0.05) is 48.3 Å². The Morgan fingerprint density at radius 1 is 0.543 bits per heavy atom. The van der Waals surface area contributed by atoms with Gasteiger partial charge >= 0.3 is 0 Å². The normalized spacial score (nSPS) is 12.7. The van der Waals surface area contributed by atoms with Gasteiger partial charge in [-0.25, -0.2) is 0 Å². The van der Waals surface area contributed by atoms with Gasteiger partial charge in [-0.15, -0.1) is 0 Å². The van der Waals surface area contributed by atoms with Crippen LogP contribution in [-0.2, 0) is 20.4 Å². The number of amides is 2. The predicted octanol–water partition coefficient (Wildman–Crippen LogP) is 6.82. The van der Waals surface area contributed by atoms with Gasteiger partial charge in [0.25, 0.3) is 0 Å². The minimum atomic E-state index is -0.649. The van der Waals surface area contributed by atoms with Crippen LogP contribution < -0.4 is 10.6 Å². The van der Waals surface area contributed by atoms with E-state index in [9.17, 15) is 24.9 Å². The van der Waals surface area contributed by atoms with Crippen molar-refractivity contribution in [3.63, 3.8) is 0 Å². The summed E-state index contributed by atoms with van der Waals surface area (Å²) in [4.78, 5) is 26.1. The lowest BCUT2D eigenvalue weighted by Crippen LogP contribution is -2.35. The molecular weight excluding hydrogens is 617 g/mol. The van der Waals surface area contributed by atoms with Gasteiger partial charge in [0.15, 0.2) is 0 Å². The molecule has 0 spiro atoms. The van der Waals surface area contributed by atoms with E-state index in [2.05, 4.69) is 29.7 Å². The lowest BCUT2D eigenvalue weighted by Gasteiger charge is -2.31. The number of nitrogens with one attached hydrogen (secondary N) is 2. The van der Waals surface area contributed by atoms with Crippen LogP contribution in [0.15, 0.2) is 97.1 Å². The van der Waals surface area contributed by atoms with Crippen LogP contribution in [0.3, 0.4) is 0 Å². The maximum absolute atomic E-state index is 13.1. The molecule has 0 heterocycles. The molecule has 0 aliphatic heterocycles. The van der Waals surface area contributed by atoms with E-state index in [0.29, 0.717) is 18.8 Å². The minimum Gasteiger partial charge on any atom is -0.508 e. The van der Waals surface area contributed by atoms with E-state index >= 15 is 0 Å². The Morgan fingerprint density at radius 3 is 1.13 bits per heavy atom. The van der Waals surface area contributed by atoms with Gasteiger partial charge in [-0.3, -0.25) is 9.59 Å². The van der Waals surface area contributed by atoms with E-state index in [1.54, 1.807) is 58.0 Å². The second-order valence-electron chi connectivity index (χ2n) is 11.9. The first-order chi connectivity index (χ1) is 22.0. The summed E-state index contributed by atoms with van der Waals surface area (Å²) in [6.07, 6.45) is 0.482. The molecule has 0 fully saturated rings. The van der Waals surface area contributed by atoms with E-state index in [1.807, 2.05) is 62.4 Å². The van der Waals surface area contributed by atoms with Crippen molar-refractivity contribution in [2.75, 3.05) is 24.6 Å². The molecule has 0 aliphatic carbocycles. The molecule has 2 amide bonds. The smallest absolute Gasteiger partial charge is 0.221 e. The van der Waals surface area contributed by atoms with Gasteiger partial charge in [0.05, 0.1) is 0 Å². The molecule has 7 nitrogen and oxygen atoms in total. The number of hydrogen-bond donors (Lipinski definition) is 5. The Morgan fingerprint density at radius 2 is 0.826 bits per heavy atom. The third-order valence-corrected chi connectivity index (χ3v) is 10.7. The van der Waals surface area contributed by atoms with E-state index in [-0.39, 0.29) is 41.9 Å². The van der Waals surface area contributed by atoms with Crippen LogP contribution in [0.25, 0.3) is 0 Å². The highest BCUT2D eigenvalue weighted by Crippen LogP contribution is 2.38. The molecule has 1 atom stereocenters. The second-order valence-corrected chi connectivity index (χ2v) is 14.6. The molecule has 1 unspecified atom stereocenters. The van der Waals surface area contributed by atoms with Gasteiger partial charge < -0.3 is 26.0 Å². The zero-order chi connectivity index (χ0) is 33.2. The first kappa shape index (κ1) is 34.8. The van der Waals surface area contributed by atoms with E-state index < -0.39 is 10.8 Å². The van der Waals surface area contributed by atoms with Crippen molar-refractivity contribution in [3.8, 4) is 17.2 Å². The molecule has 9 heteroatoms. The molecule has 0 bridgehead atoms. The summed E-state index contributed by atoms with van der Waals surface area (Å²) in [5.41, 5.74) is 3.73. The maximum Gasteiger partial charge on any atom is 0.221 e. The summed E-state index contributed by atoms with van der Waals surface area (Å²) < 4.78 is 0. The summed E-state index contributed by atoms with van der Waals surface area (Å²) in [5, 5.41) is 35.4. The molecular formula is C37H42N2O5S2. The monoisotopic (exact) mass is 658 g/mol. The Kier molecular flexibility index (Phi) is 12.1. The van der Waals surface area contributed by atoms with Crippen LogP contribution in [-0.4, -0.2) is 51.7 Å². The third kappa shape index (κ3) is 9.23. The minimum absolute atomic E-state index is 0.0423. The van der Waals surface area contributed by atoms with Crippen molar-refractivity contribution in [2.24, 2.45) is 0 Å². The molecule has 0 saturated carbocycles. The third-order valence-electron chi connectivity index (χ3n) is 8.33. The van der Waals surface area contributed by atoms with Crippen LogP contribution in [0.2, 0.25) is 0 Å². The summed E-state index contributed by atoms with van der Waals surface area (Å²) in [6, 6.07) is 29.0. The topological polar surface area (TPSA) is 119 Å². The van der Waals surface area contributed by atoms with Gasteiger partial charge in [-0.05, 0) is 65.6 Å². The number of carbonyl (C=O) groups is 2. The zero-order valence-corrected chi connectivity index (χ0v) is 28.1. The lowest BCUT2D eigenvalue weighted by molar-refractivity contribution is -0.122. The molecule has 4 aromatic rings. The van der Waals surface area contributed by atoms with Crippen LogP contribution in [0.1, 0.15) is 54.5 Å². The molecule has 46 heavy (non-hydrogen) atoms. The number of rotatable bonds is 15. The van der Waals surface area contributed by atoms with Gasteiger partial charge in [-0.1, -0.05) is 102 Å². The van der Waals surface area contributed by atoms with Gasteiger partial charge in [0.2, 0.25) is 11.8 Å². The van der Waals surface area contributed by atoms with E-state index in [0.717, 1.165) is 33.6 Å². The van der Waals surface area contributed by atoms with Crippen LogP contribution in [0.5, 0.6) is 17.2 Å². The van der Waals surface area contributed by atoms with Crippen LogP contribution in [0, 0.1) is 6.92 Å². The van der Waals surface area contributed by atoms with Crippen molar-refractivity contribution in [1.29, 1.82) is 0 Å². The Labute approximate surface area is 279 Å². The van der Waals surface area contributed by atoms with Crippen molar-refractivity contribution < 1.29 is 24.9 Å². The molecule has 4 rings (SSSR count). The zero-order valence-electron chi connectivity index (χ0n) is 26.5. The largest absolute Gasteiger partial charge is 0.508 e. The van der Waals surface area contributed by atoms with E-state index in [1.165, 1.54) is 0 Å². The molecule has 0 aromatic heterocycles. The SMILES string of the molecule is Cc1ccc(C(C)(CC(=O)NCCSSCCNC(=O)CC(C)(c2ccc(O)cc2)c2ccc(O)cc2)c2ccc(O)cc2)cc1. The highest BCUT2D eigenvalue weighted by atomic mass is 33.1. The molecule has 242 valence electrons. The van der Waals surface area contributed by atoms with Gasteiger partial charge in [0.1, 0.15) is 17.2 Å². The van der Waals surface area contributed by atoms with E-state index in [4.69, 9.17) is 0 Å². The van der Waals surface area contributed by atoms with Crippen LogP contribution in [0.4, 0.5) is 0 Å². The molecule has 4 aromatic carbocycles. The maximum atomic E-state index is 13.1. The molecule has 5 N–H and O–H groups in total. The average molecular weight is 659 g/mol. The second kappa shape index (κ2) is 16.0. The fourth-order valence-corrected chi connectivity index (χ4v) is 7.31.